The first-order valence-electron chi connectivity index (χ1n) is 8.28. The Hall–Kier alpha value is -0.810. The van der Waals surface area contributed by atoms with Crippen molar-refractivity contribution >= 4 is 5.96 Å². The molecule has 0 aliphatic heterocycles. The van der Waals surface area contributed by atoms with Crippen molar-refractivity contribution < 1.29 is 4.74 Å². The standard InChI is InChI=1S/C16H36N4O/c1-7-17-15(19-14-16(4,5)21-6)18-12-10-11-13-20(8-2)9-3/h7-14H2,1-6H3,(H2,17,18,19). The van der Waals surface area contributed by atoms with Gasteiger partial charge in [-0.25, -0.2) is 0 Å². The van der Waals surface area contributed by atoms with Crippen LogP contribution in [0.5, 0.6) is 0 Å². The molecule has 5 heteroatoms. The van der Waals surface area contributed by atoms with E-state index in [-0.39, 0.29) is 5.60 Å². The molecule has 0 saturated heterocycles. The molecule has 0 spiro atoms. The van der Waals surface area contributed by atoms with Gasteiger partial charge in [0.1, 0.15) is 0 Å². The highest BCUT2D eigenvalue weighted by molar-refractivity contribution is 5.79. The molecule has 0 aliphatic carbocycles. The molecule has 0 fully saturated rings. The van der Waals surface area contributed by atoms with E-state index >= 15 is 0 Å². The lowest BCUT2D eigenvalue weighted by Crippen LogP contribution is -2.39. The predicted octanol–water partition coefficient (Wildman–Crippen LogP) is 2.09. The number of ether oxygens (including phenoxy) is 1. The highest BCUT2D eigenvalue weighted by atomic mass is 16.5. The van der Waals surface area contributed by atoms with E-state index in [9.17, 15) is 0 Å². The Morgan fingerprint density at radius 3 is 2.29 bits per heavy atom. The number of rotatable bonds is 11. The fourth-order valence-corrected chi connectivity index (χ4v) is 1.88. The van der Waals surface area contributed by atoms with Gasteiger partial charge in [-0.2, -0.15) is 0 Å². The maximum absolute atomic E-state index is 5.39. The fourth-order valence-electron chi connectivity index (χ4n) is 1.88. The SMILES string of the molecule is CCNC(=NCC(C)(C)OC)NCCCCN(CC)CC. The minimum atomic E-state index is -0.217. The summed E-state index contributed by atoms with van der Waals surface area (Å²) in [7, 11) is 1.73. The van der Waals surface area contributed by atoms with Gasteiger partial charge in [-0.15, -0.1) is 0 Å². The van der Waals surface area contributed by atoms with Crippen LogP contribution in [0.1, 0.15) is 47.5 Å². The lowest BCUT2D eigenvalue weighted by molar-refractivity contribution is 0.0310. The van der Waals surface area contributed by atoms with Gasteiger partial charge in [-0.05, 0) is 53.2 Å². The number of methoxy groups -OCH3 is 1. The summed E-state index contributed by atoms with van der Waals surface area (Å²) in [5.74, 6) is 0.880. The van der Waals surface area contributed by atoms with Crippen molar-refractivity contribution in [1.82, 2.24) is 15.5 Å². The predicted molar refractivity (Wildman–Crippen MR) is 92.1 cm³/mol. The van der Waals surface area contributed by atoms with Crippen LogP contribution in [-0.4, -0.2) is 62.8 Å². The first-order chi connectivity index (χ1) is 9.99. The quantitative estimate of drug-likeness (QED) is 0.348. The zero-order chi connectivity index (χ0) is 16.1. The summed E-state index contributed by atoms with van der Waals surface area (Å²) < 4.78 is 5.39. The van der Waals surface area contributed by atoms with Crippen molar-refractivity contribution in [1.29, 1.82) is 0 Å². The monoisotopic (exact) mass is 300 g/mol. The molecule has 21 heavy (non-hydrogen) atoms. The Morgan fingerprint density at radius 2 is 1.76 bits per heavy atom. The molecule has 0 bridgehead atoms. The third-order valence-electron chi connectivity index (χ3n) is 3.60. The van der Waals surface area contributed by atoms with Crippen molar-refractivity contribution in [3.63, 3.8) is 0 Å². The highest BCUT2D eigenvalue weighted by Crippen LogP contribution is 2.06. The van der Waals surface area contributed by atoms with E-state index < -0.39 is 0 Å². The average molecular weight is 300 g/mol. The van der Waals surface area contributed by atoms with Crippen LogP contribution in [-0.2, 0) is 4.74 Å². The van der Waals surface area contributed by atoms with Crippen molar-refractivity contribution in [2.75, 3.05) is 46.4 Å². The maximum Gasteiger partial charge on any atom is 0.191 e. The summed E-state index contributed by atoms with van der Waals surface area (Å²) in [6, 6.07) is 0. The van der Waals surface area contributed by atoms with Gasteiger partial charge in [0.25, 0.3) is 0 Å². The molecule has 0 aromatic heterocycles. The van der Waals surface area contributed by atoms with Crippen LogP contribution >= 0.6 is 0 Å². The second-order valence-corrected chi connectivity index (χ2v) is 5.82. The second-order valence-electron chi connectivity index (χ2n) is 5.82. The summed E-state index contributed by atoms with van der Waals surface area (Å²) in [5, 5.41) is 6.67. The van der Waals surface area contributed by atoms with Gasteiger partial charge < -0.3 is 20.3 Å². The minimum Gasteiger partial charge on any atom is -0.377 e. The molecule has 126 valence electrons. The number of nitrogens with zero attached hydrogens (tertiary/aromatic N) is 2. The zero-order valence-corrected chi connectivity index (χ0v) is 15.0. The molecule has 0 heterocycles. The van der Waals surface area contributed by atoms with E-state index in [0.717, 1.165) is 38.6 Å². The highest BCUT2D eigenvalue weighted by Gasteiger charge is 2.15. The largest absolute Gasteiger partial charge is 0.377 e. The molecule has 0 rings (SSSR count). The van der Waals surface area contributed by atoms with Crippen LogP contribution in [0.25, 0.3) is 0 Å². The Bertz CT molecular complexity index is 275. The molecule has 0 unspecified atom stereocenters. The summed E-state index contributed by atoms with van der Waals surface area (Å²) in [4.78, 5) is 7.04. The molecule has 0 amide bonds. The Balaban J connectivity index is 4.02. The number of hydrogen-bond acceptors (Lipinski definition) is 3. The van der Waals surface area contributed by atoms with Gasteiger partial charge in [0, 0.05) is 20.2 Å². The third kappa shape index (κ3) is 10.5. The zero-order valence-electron chi connectivity index (χ0n) is 15.0. The molecule has 0 atom stereocenters. The van der Waals surface area contributed by atoms with E-state index in [0.29, 0.717) is 6.54 Å². The molecular weight excluding hydrogens is 264 g/mol. The Kier molecular flexibility index (Phi) is 11.4. The number of guanidine groups is 1. The number of hydrogen-bond donors (Lipinski definition) is 2. The lowest BCUT2D eigenvalue weighted by Gasteiger charge is -2.21. The summed E-state index contributed by atoms with van der Waals surface area (Å²) in [6.45, 7) is 16.6. The van der Waals surface area contributed by atoms with Crippen LogP contribution in [0, 0.1) is 0 Å². The van der Waals surface area contributed by atoms with Crippen molar-refractivity contribution in [2.45, 2.75) is 53.1 Å². The number of nitrogens with one attached hydrogen (secondary N) is 2. The number of unbranched alkanes of at least 4 members (excludes halogenated alkanes) is 1. The molecular formula is C16H36N4O. The molecule has 0 saturated carbocycles. The topological polar surface area (TPSA) is 48.9 Å². The molecule has 0 aromatic rings. The third-order valence-corrected chi connectivity index (χ3v) is 3.60. The molecule has 0 aliphatic rings. The lowest BCUT2D eigenvalue weighted by atomic mass is 10.1. The van der Waals surface area contributed by atoms with Crippen LogP contribution in [0.3, 0.4) is 0 Å². The first-order valence-corrected chi connectivity index (χ1v) is 8.28. The van der Waals surface area contributed by atoms with Gasteiger partial charge in [0.15, 0.2) is 5.96 Å². The Morgan fingerprint density at radius 1 is 1.10 bits per heavy atom. The van der Waals surface area contributed by atoms with Crippen LogP contribution < -0.4 is 10.6 Å². The van der Waals surface area contributed by atoms with Crippen LogP contribution in [0.2, 0.25) is 0 Å². The van der Waals surface area contributed by atoms with Gasteiger partial charge in [0.05, 0.1) is 12.1 Å². The van der Waals surface area contributed by atoms with Crippen molar-refractivity contribution in [3.05, 3.63) is 0 Å². The van der Waals surface area contributed by atoms with E-state index in [2.05, 4.69) is 41.3 Å². The normalized spacial score (nSPS) is 12.8. The molecule has 5 nitrogen and oxygen atoms in total. The van der Waals surface area contributed by atoms with Gasteiger partial charge >= 0.3 is 0 Å². The molecule has 0 aromatic carbocycles. The number of aliphatic imine (C=N–C) groups is 1. The molecule has 2 N–H and O–H groups in total. The van der Waals surface area contributed by atoms with Crippen LogP contribution in [0.15, 0.2) is 4.99 Å². The van der Waals surface area contributed by atoms with Crippen molar-refractivity contribution in [3.8, 4) is 0 Å². The smallest absolute Gasteiger partial charge is 0.191 e. The fraction of sp³-hybridized carbons (Fsp3) is 0.938. The van der Waals surface area contributed by atoms with E-state index in [1.807, 2.05) is 13.8 Å². The second kappa shape index (κ2) is 11.8. The van der Waals surface area contributed by atoms with E-state index in [4.69, 9.17) is 4.74 Å². The van der Waals surface area contributed by atoms with Gasteiger partial charge in [-0.3, -0.25) is 4.99 Å². The average Bonchev–Trinajstić information content (AvgIpc) is 2.48. The maximum atomic E-state index is 5.39. The minimum absolute atomic E-state index is 0.217. The summed E-state index contributed by atoms with van der Waals surface area (Å²) >= 11 is 0. The van der Waals surface area contributed by atoms with Gasteiger partial charge in [-0.1, -0.05) is 13.8 Å². The van der Waals surface area contributed by atoms with Crippen molar-refractivity contribution in [2.24, 2.45) is 4.99 Å². The summed E-state index contributed by atoms with van der Waals surface area (Å²) in [6.07, 6.45) is 2.38. The Labute approximate surface area is 131 Å². The van der Waals surface area contributed by atoms with E-state index in [1.54, 1.807) is 7.11 Å². The summed E-state index contributed by atoms with van der Waals surface area (Å²) in [5.41, 5.74) is -0.217. The van der Waals surface area contributed by atoms with Crippen LogP contribution in [0.4, 0.5) is 0 Å². The van der Waals surface area contributed by atoms with E-state index in [1.165, 1.54) is 13.0 Å². The first kappa shape index (κ1) is 20.2. The molecule has 0 radical (unpaired) electrons. The van der Waals surface area contributed by atoms with Gasteiger partial charge in [0.2, 0.25) is 0 Å².